The summed E-state index contributed by atoms with van der Waals surface area (Å²) in [6, 6.07) is 19.2. The first-order valence-electron chi connectivity index (χ1n) is 14.6. The predicted molar refractivity (Wildman–Crippen MR) is 169 cm³/mol. The quantitative estimate of drug-likeness (QED) is 0.208. The first-order valence-corrected chi connectivity index (χ1v) is 14.6. The summed E-state index contributed by atoms with van der Waals surface area (Å²) < 4.78 is 19.7. The number of fused-ring (bicyclic) bond motifs is 1. The third-order valence-electron chi connectivity index (χ3n) is 7.96. The van der Waals surface area contributed by atoms with Gasteiger partial charge in [0.25, 0.3) is 5.56 Å². The van der Waals surface area contributed by atoms with Gasteiger partial charge in [0.15, 0.2) is 5.78 Å². The highest BCUT2D eigenvalue weighted by Crippen LogP contribution is 2.45. The molecule has 1 atom stereocenters. The molecule has 5 aromatic rings. The maximum Gasteiger partial charge on any atom is 0.251 e. The Kier molecular flexibility index (Phi) is 7.30. The van der Waals surface area contributed by atoms with Crippen LogP contribution >= 0.6 is 0 Å². The van der Waals surface area contributed by atoms with Crippen LogP contribution in [0.15, 0.2) is 71.7 Å². The van der Waals surface area contributed by atoms with Gasteiger partial charge in [0.2, 0.25) is 0 Å². The zero-order chi connectivity index (χ0) is 30.5. The van der Waals surface area contributed by atoms with Crippen LogP contribution < -0.4 is 15.0 Å². The van der Waals surface area contributed by atoms with Gasteiger partial charge in [-0.3, -0.25) is 14.6 Å². The number of pyridine rings is 2. The lowest BCUT2D eigenvalue weighted by atomic mass is 9.85. The van der Waals surface area contributed by atoms with Crippen molar-refractivity contribution < 1.29 is 19.0 Å². The van der Waals surface area contributed by atoms with E-state index in [2.05, 4.69) is 0 Å². The second-order valence-electron chi connectivity index (χ2n) is 12.1. The lowest BCUT2D eigenvalue weighted by Gasteiger charge is -2.30. The first kappa shape index (κ1) is 28.6. The molecule has 43 heavy (non-hydrogen) atoms. The van der Waals surface area contributed by atoms with Crippen molar-refractivity contribution in [2.45, 2.75) is 59.3 Å². The van der Waals surface area contributed by atoms with Crippen LogP contribution in [0.1, 0.15) is 56.1 Å². The van der Waals surface area contributed by atoms with Crippen molar-refractivity contribution in [3.05, 3.63) is 99.5 Å². The molecule has 220 valence electrons. The normalized spacial score (nSPS) is 13.6. The number of methoxy groups -OCH3 is 1. The van der Waals surface area contributed by atoms with Crippen LogP contribution in [-0.2, 0) is 22.5 Å². The van der Waals surface area contributed by atoms with E-state index in [1.165, 1.54) is 5.56 Å². The average Bonchev–Trinajstić information content (AvgIpc) is 2.97. The fraction of sp³-hybridized carbons (Fsp3) is 0.306. The number of aromatic nitrogens is 2. The molecule has 6 rings (SSSR count). The molecule has 0 radical (unpaired) electrons. The molecule has 0 saturated heterocycles. The van der Waals surface area contributed by atoms with Gasteiger partial charge >= 0.3 is 0 Å². The van der Waals surface area contributed by atoms with Gasteiger partial charge in [-0.1, -0.05) is 12.1 Å². The summed E-state index contributed by atoms with van der Waals surface area (Å²) in [6.45, 7) is 10.4. The summed E-state index contributed by atoms with van der Waals surface area (Å²) in [7, 11) is 1.63. The maximum absolute atomic E-state index is 13.4. The van der Waals surface area contributed by atoms with Crippen molar-refractivity contribution in [1.29, 1.82) is 0 Å². The van der Waals surface area contributed by atoms with E-state index in [1.807, 2.05) is 88.5 Å². The Morgan fingerprint density at radius 2 is 1.91 bits per heavy atom. The number of hydrogen-bond donors (Lipinski definition) is 0. The average molecular weight is 577 g/mol. The summed E-state index contributed by atoms with van der Waals surface area (Å²) in [5.41, 5.74) is 6.32. The van der Waals surface area contributed by atoms with E-state index in [0.29, 0.717) is 13.2 Å². The van der Waals surface area contributed by atoms with Gasteiger partial charge in [0, 0.05) is 35.0 Å². The van der Waals surface area contributed by atoms with E-state index in [9.17, 15) is 9.59 Å². The summed E-state index contributed by atoms with van der Waals surface area (Å²) in [4.78, 5) is 31.6. The summed E-state index contributed by atoms with van der Waals surface area (Å²) >= 11 is 0. The van der Waals surface area contributed by atoms with Crippen molar-refractivity contribution in [2.24, 2.45) is 0 Å². The summed E-state index contributed by atoms with van der Waals surface area (Å²) in [5.74, 6) is 1.43. The van der Waals surface area contributed by atoms with Crippen LogP contribution in [0.25, 0.3) is 32.9 Å². The summed E-state index contributed by atoms with van der Waals surface area (Å²) in [5, 5.41) is 1.82. The molecule has 1 aliphatic heterocycles. The number of ether oxygens (including phenoxy) is 3. The molecule has 0 spiro atoms. The van der Waals surface area contributed by atoms with E-state index in [-0.39, 0.29) is 11.3 Å². The second-order valence-corrected chi connectivity index (χ2v) is 12.1. The number of Topliss-reactive ketones (excluding diaryl/α,β-unsaturated/α-hetero) is 1. The smallest absolute Gasteiger partial charge is 0.251 e. The number of rotatable bonds is 7. The molecule has 7 nitrogen and oxygen atoms in total. The van der Waals surface area contributed by atoms with Crippen molar-refractivity contribution in [3.63, 3.8) is 0 Å². The van der Waals surface area contributed by atoms with Crippen molar-refractivity contribution in [2.75, 3.05) is 13.7 Å². The Morgan fingerprint density at radius 3 is 2.65 bits per heavy atom. The van der Waals surface area contributed by atoms with Gasteiger partial charge in [-0.15, -0.1) is 0 Å². The van der Waals surface area contributed by atoms with Gasteiger partial charge < -0.3 is 18.8 Å². The number of ketones is 1. The Labute approximate surface area is 251 Å². The molecule has 3 aromatic carbocycles. The molecule has 3 heterocycles. The molecule has 1 unspecified atom stereocenters. The van der Waals surface area contributed by atoms with Gasteiger partial charge in [-0.05, 0) is 105 Å². The number of hydrogen-bond acceptors (Lipinski definition) is 6. The fourth-order valence-electron chi connectivity index (χ4n) is 6.13. The number of aryl methyl sites for hydroxylation is 1. The van der Waals surface area contributed by atoms with Gasteiger partial charge in [0.05, 0.1) is 36.9 Å². The highest BCUT2D eigenvalue weighted by Gasteiger charge is 2.31. The number of benzene rings is 3. The third kappa shape index (κ3) is 5.30. The van der Waals surface area contributed by atoms with E-state index in [1.54, 1.807) is 24.7 Å². The minimum absolute atomic E-state index is 0.0950. The maximum atomic E-state index is 13.4. The largest absolute Gasteiger partial charge is 0.497 e. The molecule has 0 aliphatic carbocycles. The Bertz CT molecular complexity index is 1940. The first-order chi connectivity index (χ1) is 20.6. The molecule has 7 heteroatoms. The van der Waals surface area contributed by atoms with Crippen LogP contribution in [-0.4, -0.2) is 34.7 Å². The minimum atomic E-state index is -0.819. The van der Waals surface area contributed by atoms with E-state index in [4.69, 9.17) is 19.2 Å². The standard InChI is InChI=1S/C36H36N2O5/c1-21-18-28-26(11-13-30(40)38(28)20-23-8-7-9-25(19-23)41-6)33(31(21)35(22(2)39)43-36(3,4)5)27-10-12-29-32-24(15-17-42-29)14-16-37-34(27)32/h7-14,16,18-19,35H,15,17,20H2,1-6H3. The third-order valence-corrected chi connectivity index (χ3v) is 7.96. The van der Waals surface area contributed by atoms with Crippen molar-refractivity contribution in [1.82, 2.24) is 9.55 Å². The van der Waals surface area contributed by atoms with Crippen LogP contribution in [0.5, 0.6) is 11.5 Å². The minimum Gasteiger partial charge on any atom is -0.497 e. The van der Waals surface area contributed by atoms with Crippen molar-refractivity contribution in [3.8, 4) is 22.6 Å². The predicted octanol–water partition coefficient (Wildman–Crippen LogP) is 6.96. The lowest BCUT2D eigenvalue weighted by molar-refractivity contribution is -0.138. The lowest BCUT2D eigenvalue weighted by Crippen LogP contribution is -2.27. The molecule has 1 aliphatic rings. The van der Waals surface area contributed by atoms with Gasteiger partial charge in [0.1, 0.15) is 17.6 Å². The van der Waals surface area contributed by atoms with Gasteiger partial charge in [-0.2, -0.15) is 0 Å². The zero-order valence-electron chi connectivity index (χ0n) is 25.5. The number of nitrogens with zero attached hydrogens (tertiary/aromatic N) is 2. The Hall–Kier alpha value is -4.49. The molecule has 0 amide bonds. The van der Waals surface area contributed by atoms with Crippen LogP contribution in [0.2, 0.25) is 0 Å². The van der Waals surface area contributed by atoms with Crippen LogP contribution in [0.4, 0.5) is 0 Å². The molecule has 0 fully saturated rings. The Morgan fingerprint density at radius 1 is 1.09 bits per heavy atom. The molecule has 0 bridgehead atoms. The van der Waals surface area contributed by atoms with Crippen LogP contribution in [0.3, 0.4) is 0 Å². The van der Waals surface area contributed by atoms with E-state index < -0.39 is 11.7 Å². The second kappa shape index (κ2) is 11.0. The van der Waals surface area contributed by atoms with Crippen LogP contribution in [0, 0.1) is 6.92 Å². The highest BCUT2D eigenvalue weighted by molar-refractivity contribution is 6.08. The molecule has 2 aromatic heterocycles. The molecular weight excluding hydrogens is 540 g/mol. The molecular formula is C36H36N2O5. The number of carbonyl (C=O) groups excluding carboxylic acids is 1. The SMILES string of the molecule is COc1cccc(Cn2c(=O)ccc3c(-c4ccc5c6c(ccnc46)CCO5)c(C(OC(C)(C)C)C(C)=O)c(C)cc32)c1. The van der Waals surface area contributed by atoms with Crippen molar-refractivity contribution >= 4 is 27.6 Å². The summed E-state index contributed by atoms with van der Waals surface area (Å²) in [6.07, 6.45) is 1.81. The molecule has 0 N–H and O–H groups in total. The zero-order valence-corrected chi connectivity index (χ0v) is 25.5. The topological polar surface area (TPSA) is 79.7 Å². The number of carbonyl (C=O) groups is 1. The molecule has 0 saturated carbocycles. The Balaban J connectivity index is 1.71. The fourth-order valence-corrected chi connectivity index (χ4v) is 6.13. The monoisotopic (exact) mass is 576 g/mol. The van der Waals surface area contributed by atoms with E-state index in [0.717, 1.165) is 67.5 Å². The van der Waals surface area contributed by atoms with E-state index >= 15 is 0 Å². The van der Waals surface area contributed by atoms with Gasteiger partial charge in [-0.25, -0.2) is 0 Å². The highest BCUT2D eigenvalue weighted by atomic mass is 16.5.